The molecule has 0 aliphatic rings. The van der Waals surface area contributed by atoms with Gasteiger partial charge in [0.05, 0.1) is 12.5 Å². The average Bonchev–Trinajstić information content (AvgIpc) is 1.99. The zero-order valence-electron chi connectivity index (χ0n) is 7.83. The van der Waals surface area contributed by atoms with Crippen molar-refractivity contribution in [2.24, 2.45) is 0 Å². The molecule has 4 heteroatoms. The molecule has 72 valence electrons. The summed E-state index contributed by atoms with van der Waals surface area (Å²) in [6.45, 7) is 4.46. The summed E-state index contributed by atoms with van der Waals surface area (Å²) >= 11 is 0. The summed E-state index contributed by atoms with van der Waals surface area (Å²) in [4.78, 5) is 10.3. The van der Waals surface area contributed by atoms with Crippen molar-refractivity contribution in [1.29, 1.82) is 0 Å². The van der Waals surface area contributed by atoms with Gasteiger partial charge in [0.15, 0.2) is 0 Å². The third-order valence-corrected chi connectivity index (χ3v) is 1.64. The topological polar surface area (TPSA) is 58.6 Å². The Balaban J connectivity index is 3.43. The van der Waals surface area contributed by atoms with Crippen LogP contribution in [-0.4, -0.2) is 36.9 Å². The van der Waals surface area contributed by atoms with E-state index in [1.54, 1.807) is 7.11 Å². The third kappa shape index (κ3) is 6.12. The van der Waals surface area contributed by atoms with Crippen LogP contribution in [0, 0.1) is 0 Å². The van der Waals surface area contributed by atoms with Crippen molar-refractivity contribution in [2.45, 2.75) is 32.4 Å². The number of ether oxygens (including phenoxy) is 1. The van der Waals surface area contributed by atoms with Crippen LogP contribution in [0.1, 0.15) is 20.3 Å². The highest BCUT2D eigenvalue weighted by atomic mass is 16.5. The Hall–Kier alpha value is -0.610. The highest BCUT2D eigenvalue weighted by Gasteiger charge is 2.07. The van der Waals surface area contributed by atoms with E-state index in [4.69, 9.17) is 9.84 Å². The number of hydrogen-bond donors (Lipinski definition) is 2. The summed E-state index contributed by atoms with van der Waals surface area (Å²) in [6.07, 6.45) is 0.275. The Morgan fingerprint density at radius 3 is 2.58 bits per heavy atom. The number of aliphatic carboxylic acids is 1. The van der Waals surface area contributed by atoms with Crippen LogP contribution in [0.15, 0.2) is 0 Å². The summed E-state index contributed by atoms with van der Waals surface area (Å²) in [7, 11) is 1.63. The van der Waals surface area contributed by atoms with Gasteiger partial charge in [-0.1, -0.05) is 0 Å². The van der Waals surface area contributed by atoms with Gasteiger partial charge in [-0.3, -0.25) is 4.79 Å². The third-order valence-electron chi connectivity index (χ3n) is 1.64. The quantitative estimate of drug-likeness (QED) is 0.616. The Morgan fingerprint density at radius 2 is 2.17 bits per heavy atom. The van der Waals surface area contributed by atoms with Gasteiger partial charge in [-0.2, -0.15) is 0 Å². The van der Waals surface area contributed by atoms with Crippen LogP contribution < -0.4 is 5.32 Å². The van der Waals surface area contributed by atoms with E-state index < -0.39 is 5.97 Å². The molecule has 0 aliphatic heterocycles. The summed E-state index contributed by atoms with van der Waals surface area (Å²) < 4.78 is 5.00. The molecule has 0 aromatic rings. The molecule has 0 fully saturated rings. The predicted octanol–water partition coefficient (Wildman–Crippen LogP) is 0.474. The molecule has 12 heavy (non-hydrogen) atoms. The normalized spacial score (nSPS) is 15.6. The van der Waals surface area contributed by atoms with E-state index in [1.807, 2.05) is 13.8 Å². The van der Waals surface area contributed by atoms with Crippen LogP contribution >= 0.6 is 0 Å². The number of carbonyl (C=O) groups is 1. The number of methoxy groups -OCH3 is 1. The molecule has 0 rings (SSSR count). The number of carboxylic acids is 1. The van der Waals surface area contributed by atoms with Crippen LogP contribution in [0.5, 0.6) is 0 Å². The molecule has 0 aliphatic carbocycles. The van der Waals surface area contributed by atoms with E-state index in [-0.39, 0.29) is 18.6 Å². The minimum absolute atomic E-state index is 0.0000926. The standard InChI is InChI=1S/C8H17NO3/c1-6(4-8(10)11)9-5-7(2)12-3/h6-7,9H,4-5H2,1-3H3,(H,10,11). The van der Waals surface area contributed by atoms with E-state index in [0.717, 1.165) is 0 Å². The maximum atomic E-state index is 10.3. The monoisotopic (exact) mass is 175 g/mol. The largest absolute Gasteiger partial charge is 0.481 e. The number of rotatable bonds is 6. The van der Waals surface area contributed by atoms with Crippen LogP contribution in [0.25, 0.3) is 0 Å². The predicted molar refractivity (Wildman–Crippen MR) is 46.2 cm³/mol. The molecule has 0 heterocycles. The number of nitrogens with one attached hydrogen (secondary N) is 1. The second-order valence-corrected chi connectivity index (χ2v) is 2.95. The van der Waals surface area contributed by atoms with Gasteiger partial charge in [-0.25, -0.2) is 0 Å². The van der Waals surface area contributed by atoms with Crippen molar-refractivity contribution >= 4 is 5.97 Å². The van der Waals surface area contributed by atoms with Gasteiger partial charge >= 0.3 is 5.97 Å². The van der Waals surface area contributed by atoms with Crippen molar-refractivity contribution < 1.29 is 14.6 Å². The van der Waals surface area contributed by atoms with Crippen molar-refractivity contribution in [1.82, 2.24) is 5.32 Å². The summed E-state index contributed by atoms with van der Waals surface area (Å²) in [5.41, 5.74) is 0. The molecule has 0 aromatic carbocycles. The zero-order valence-corrected chi connectivity index (χ0v) is 7.83. The molecule has 0 saturated heterocycles. The Kier molecular flexibility index (Phi) is 5.66. The second-order valence-electron chi connectivity index (χ2n) is 2.95. The Morgan fingerprint density at radius 1 is 1.58 bits per heavy atom. The lowest BCUT2D eigenvalue weighted by Crippen LogP contribution is -2.34. The first-order valence-corrected chi connectivity index (χ1v) is 4.04. The fraction of sp³-hybridized carbons (Fsp3) is 0.875. The first-order valence-electron chi connectivity index (χ1n) is 4.04. The highest BCUT2D eigenvalue weighted by Crippen LogP contribution is 1.91. The minimum atomic E-state index is -0.778. The van der Waals surface area contributed by atoms with E-state index in [2.05, 4.69) is 5.32 Å². The maximum Gasteiger partial charge on any atom is 0.304 e. The molecule has 0 spiro atoms. The van der Waals surface area contributed by atoms with Crippen LogP contribution in [0.4, 0.5) is 0 Å². The lowest BCUT2D eigenvalue weighted by molar-refractivity contribution is -0.137. The first-order chi connectivity index (χ1) is 5.56. The molecular weight excluding hydrogens is 158 g/mol. The van der Waals surface area contributed by atoms with Gasteiger partial charge in [-0.15, -0.1) is 0 Å². The lowest BCUT2D eigenvalue weighted by Gasteiger charge is -2.14. The van der Waals surface area contributed by atoms with Gasteiger partial charge in [0.2, 0.25) is 0 Å². The molecule has 0 bridgehead atoms. The van der Waals surface area contributed by atoms with Gasteiger partial charge in [0.1, 0.15) is 0 Å². The van der Waals surface area contributed by atoms with Crippen LogP contribution in [0.2, 0.25) is 0 Å². The van der Waals surface area contributed by atoms with E-state index >= 15 is 0 Å². The fourth-order valence-corrected chi connectivity index (χ4v) is 0.785. The highest BCUT2D eigenvalue weighted by molar-refractivity contribution is 5.67. The molecule has 0 amide bonds. The molecule has 0 saturated carbocycles. The molecular formula is C8H17NO3. The fourth-order valence-electron chi connectivity index (χ4n) is 0.785. The Labute approximate surface area is 72.9 Å². The van der Waals surface area contributed by atoms with Crippen LogP contribution in [-0.2, 0) is 9.53 Å². The molecule has 0 aromatic heterocycles. The molecule has 2 N–H and O–H groups in total. The first kappa shape index (κ1) is 11.4. The van der Waals surface area contributed by atoms with Gasteiger partial charge in [-0.05, 0) is 13.8 Å². The summed E-state index contributed by atoms with van der Waals surface area (Å²) in [6, 6.07) is 0.0000926. The molecule has 2 unspecified atom stereocenters. The second kappa shape index (κ2) is 5.97. The molecule has 2 atom stereocenters. The van der Waals surface area contributed by atoms with Gasteiger partial charge in [0, 0.05) is 19.7 Å². The minimum Gasteiger partial charge on any atom is -0.481 e. The lowest BCUT2D eigenvalue weighted by atomic mass is 10.2. The van der Waals surface area contributed by atoms with Crippen molar-refractivity contribution in [2.75, 3.05) is 13.7 Å². The van der Waals surface area contributed by atoms with Crippen molar-refractivity contribution in [3.63, 3.8) is 0 Å². The summed E-state index contributed by atoms with van der Waals surface area (Å²) in [5.74, 6) is -0.778. The van der Waals surface area contributed by atoms with Gasteiger partial charge in [0.25, 0.3) is 0 Å². The smallest absolute Gasteiger partial charge is 0.304 e. The maximum absolute atomic E-state index is 10.3. The van der Waals surface area contributed by atoms with Crippen molar-refractivity contribution in [3.05, 3.63) is 0 Å². The van der Waals surface area contributed by atoms with E-state index in [1.165, 1.54) is 0 Å². The SMILES string of the molecule is COC(C)CNC(C)CC(=O)O. The van der Waals surface area contributed by atoms with Gasteiger partial charge < -0.3 is 15.2 Å². The van der Waals surface area contributed by atoms with E-state index in [0.29, 0.717) is 6.54 Å². The summed E-state index contributed by atoms with van der Waals surface area (Å²) in [5, 5.41) is 11.5. The zero-order chi connectivity index (χ0) is 9.56. The molecule has 4 nitrogen and oxygen atoms in total. The average molecular weight is 175 g/mol. The van der Waals surface area contributed by atoms with Crippen molar-refractivity contribution in [3.8, 4) is 0 Å². The van der Waals surface area contributed by atoms with Crippen LogP contribution in [0.3, 0.4) is 0 Å². The number of hydrogen-bond acceptors (Lipinski definition) is 3. The Bertz CT molecular complexity index is 138. The van der Waals surface area contributed by atoms with E-state index in [9.17, 15) is 4.79 Å². The number of carboxylic acid groups (broad SMARTS) is 1. The molecule has 0 radical (unpaired) electrons.